The zero-order valence-electron chi connectivity index (χ0n) is 21.3. The van der Waals surface area contributed by atoms with Crippen LogP contribution in [0.2, 0.25) is 5.31 Å². The highest BCUT2D eigenvalue weighted by atomic mass is 15.2. The van der Waals surface area contributed by atoms with E-state index in [9.17, 15) is 0 Å². The molecule has 2 aliphatic heterocycles. The number of benzene rings is 2. The third-order valence-electron chi connectivity index (χ3n) is 7.63. The summed E-state index contributed by atoms with van der Waals surface area (Å²) in [4.78, 5) is 7.73. The molecule has 1 aromatic heterocycles. The number of rotatable bonds is 6. The van der Waals surface area contributed by atoms with Crippen molar-refractivity contribution < 1.29 is 0 Å². The van der Waals surface area contributed by atoms with E-state index in [2.05, 4.69) is 79.2 Å². The van der Waals surface area contributed by atoms with Gasteiger partial charge in [0.05, 0.1) is 19.1 Å². The average Bonchev–Trinajstić information content (AvgIpc) is 3.26. The highest BCUT2D eigenvalue weighted by molar-refractivity contribution is 6.14. The van der Waals surface area contributed by atoms with Crippen LogP contribution < -0.4 is 16.0 Å². The second-order valence-electron chi connectivity index (χ2n) is 11.4. The van der Waals surface area contributed by atoms with Gasteiger partial charge in [0.2, 0.25) is 0 Å². The first-order valence-corrected chi connectivity index (χ1v) is 12.9. The number of pyridine rings is 1. The number of fused-ring (bicyclic) bond motifs is 2. The summed E-state index contributed by atoms with van der Waals surface area (Å²) in [5.74, 6) is 1.49. The van der Waals surface area contributed by atoms with Crippen molar-refractivity contribution in [1.29, 1.82) is 0 Å². The van der Waals surface area contributed by atoms with Gasteiger partial charge in [0.25, 0.3) is 0 Å². The number of nitrogens with two attached hydrogens (primary N) is 1. The van der Waals surface area contributed by atoms with Gasteiger partial charge in [-0.1, -0.05) is 62.1 Å². The molecular weight excluding hydrogens is 427 g/mol. The van der Waals surface area contributed by atoms with E-state index in [1.165, 1.54) is 23.1 Å². The normalized spacial score (nSPS) is 21.2. The number of nitrogens with one attached hydrogen (secondary N) is 1. The van der Waals surface area contributed by atoms with Crippen LogP contribution in [-0.4, -0.2) is 45.1 Å². The summed E-state index contributed by atoms with van der Waals surface area (Å²) in [7, 11) is 6.34. The topological polar surface area (TPSA) is 54.2 Å². The number of aromatic nitrogens is 1. The lowest BCUT2D eigenvalue weighted by atomic mass is 9.68. The Bertz CT molecular complexity index is 1210. The van der Waals surface area contributed by atoms with E-state index in [4.69, 9.17) is 18.6 Å². The van der Waals surface area contributed by atoms with Crippen LogP contribution in [0, 0.1) is 11.8 Å². The van der Waals surface area contributed by atoms with Crippen molar-refractivity contribution in [3.63, 3.8) is 0 Å². The van der Waals surface area contributed by atoms with Gasteiger partial charge in [-0.15, -0.1) is 0 Å². The summed E-state index contributed by atoms with van der Waals surface area (Å²) in [6.07, 6.45) is 2.08. The van der Waals surface area contributed by atoms with Gasteiger partial charge in [0.1, 0.15) is 0 Å². The highest BCUT2D eigenvalue weighted by Crippen LogP contribution is 2.38. The zero-order chi connectivity index (χ0) is 24.7. The Hall–Kier alpha value is -2.63. The van der Waals surface area contributed by atoms with Gasteiger partial charge in [0.15, 0.2) is 0 Å². The van der Waals surface area contributed by atoms with Crippen molar-refractivity contribution in [1.82, 2.24) is 10.3 Å². The van der Waals surface area contributed by atoms with Crippen LogP contribution in [-0.2, 0) is 6.42 Å². The first-order valence-electron chi connectivity index (χ1n) is 12.9. The lowest BCUT2D eigenvalue weighted by Crippen LogP contribution is -2.35. The summed E-state index contributed by atoms with van der Waals surface area (Å²) < 4.78 is 0. The number of nitrogens with zero attached hydrogens (tertiary/aromatic N) is 2. The van der Waals surface area contributed by atoms with Crippen molar-refractivity contribution in [2.45, 2.75) is 45.0 Å². The molecule has 4 nitrogen and oxygen atoms in total. The summed E-state index contributed by atoms with van der Waals surface area (Å²) in [6, 6.07) is 17.4. The van der Waals surface area contributed by atoms with Crippen LogP contribution in [0.25, 0.3) is 27.7 Å². The van der Waals surface area contributed by atoms with E-state index in [1.807, 2.05) is 6.92 Å². The Balaban J connectivity index is 1.57. The molecule has 5 heteroatoms. The zero-order valence-corrected chi connectivity index (χ0v) is 21.3. The quantitative estimate of drug-likeness (QED) is 0.492. The molecule has 0 aliphatic carbocycles. The lowest BCUT2D eigenvalue weighted by Gasteiger charge is -2.23. The van der Waals surface area contributed by atoms with E-state index >= 15 is 0 Å². The third kappa shape index (κ3) is 5.17. The Morgan fingerprint density at radius 1 is 1.17 bits per heavy atom. The summed E-state index contributed by atoms with van der Waals surface area (Å²) in [5.41, 5.74) is 13.7. The van der Waals surface area contributed by atoms with E-state index in [0.717, 1.165) is 72.3 Å². The molecule has 2 fully saturated rings. The van der Waals surface area contributed by atoms with Gasteiger partial charge >= 0.3 is 0 Å². The summed E-state index contributed by atoms with van der Waals surface area (Å²) in [6.45, 7) is 14.7. The molecule has 0 spiro atoms. The fourth-order valence-corrected chi connectivity index (χ4v) is 5.69. The molecule has 3 heterocycles. The molecule has 0 saturated carbocycles. The van der Waals surface area contributed by atoms with Crippen molar-refractivity contribution in [2.75, 3.05) is 31.1 Å². The summed E-state index contributed by atoms with van der Waals surface area (Å²) in [5, 5.41) is 4.55. The van der Waals surface area contributed by atoms with Gasteiger partial charge in [-0.25, -0.2) is 4.98 Å². The minimum absolute atomic E-state index is 0.0651. The standard InChI is InChI=1S/C30H37BN4/c1-19(20(2)32)22-6-8-23(9-7-22)27-14-29(35-17-24-11-12-33-16-25(24)18-35)26-10-5-21(13-28(26)34-27)15-30(3,4)31/h5-10,13-14,20,24-25,33H,1,11-12,15-18,32H2,2-4H3. The maximum atomic E-state index is 6.34. The highest BCUT2D eigenvalue weighted by Gasteiger charge is 2.35. The monoisotopic (exact) mass is 464 g/mol. The predicted octanol–water partition coefficient (Wildman–Crippen LogP) is 5.22. The molecule has 180 valence electrons. The van der Waals surface area contributed by atoms with Crippen LogP contribution in [0.3, 0.4) is 0 Å². The molecule has 35 heavy (non-hydrogen) atoms. The molecule has 3 N–H and O–H groups in total. The molecule has 2 saturated heterocycles. The van der Waals surface area contributed by atoms with Crippen molar-refractivity contribution in [3.05, 3.63) is 66.2 Å². The molecule has 3 unspecified atom stereocenters. The van der Waals surface area contributed by atoms with E-state index in [-0.39, 0.29) is 11.4 Å². The average molecular weight is 464 g/mol. The van der Waals surface area contributed by atoms with Crippen LogP contribution >= 0.6 is 0 Å². The maximum Gasteiger partial charge on any atom is 0.0743 e. The first-order chi connectivity index (χ1) is 16.7. The van der Waals surface area contributed by atoms with Gasteiger partial charge in [0, 0.05) is 35.8 Å². The SMILES string of the molecule is [B]C(C)(C)Cc1ccc2c(N3CC4CCNCC4C3)cc(-c3ccc(C(=C)C(C)N)cc3)nc2c1. The molecule has 2 aromatic carbocycles. The number of hydrogen-bond donors (Lipinski definition) is 2. The fourth-order valence-electron chi connectivity index (χ4n) is 5.69. The number of piperidine rings is 1. The van der Waals surface area contributed by atoms with Crippen LogP contribution in [0.15, 0.2) is 55.1 Å². The molecule has 0 amide bonds. The Morgan fingerprint density at radius 2 is 1.91 bits per heavy atom. The van der Waals surface area contributed by atoms with Crippen LogP contribution in [0.1, 0.15) is 38.3 Å². The van der Waals surface area contributed by atoms with Crippen molar-refractivity contribution in [2.24, 2.45) is 17.6 Å². The third-order valence-corrected chi connectivity index (χ3v) is 7.63. The summed E-state index contributed by atoms with van der Waals surface area (Å²) >= 11 is 0. The van der Waals surface area contributed by atoms with Gasteiger partial charge < -0.3 is 16.0 Å². The predicted molar refractivity (Wildman–Crippen MR) is 150 cm³/mol. The second-order valence-corrected chi connectivity index (χ2v) is 11.4. The van der Waals surface area contributed by atoms with Gasteiger partial charge in [-0.05, 0) is 73.5 Å². The Morgan fingerprint density at radius 3 is 2.60 bits per heavy atom. The molecule has 0 bridgehead atoms. The van der Waals surface area contributed by atoms with Crippen molar-refractivity contribution in [3.8, 4) is 11.3 Å². The smallest absolute Gasteiger partial charge is 0.0743 e. The molecule has 3 aromatic rings. The first kappa shape index (κ1) is 24.1. The number of hydrogen-bond acceptors (Lipinski definition) is 4. The number of anilines is 1. The van der Waals surface area contributed by atoms with Gasteiger partial charge in [-0.3, -0.25) is 0 Å². The van der Waals surface area contributed by atoms with Crippen LogP contribution in [0.4, 0.5) is 5.69 Å². The minimum Gasteiger partial charge on any atom is -0.370 e. The molecular formula is C30H37BN4. The van der Waals surface area contributed by atoms with Crippen LogP contribution in [0.5, 0.6) is 0 Å². The van der Waals surface area contributed by atoms with E-state index in [1.54, 1.807) is 0 Å². The second kappa shape index (κ2) is 9.44. The van der Waals surface area contributed by atoms with E-state index in [0.29, 0.717) is 0 Å². The molecule has 2 aliphatic rings. The molecule has 3 atom stereocenters. The largest absolute Gasteiger partial charge is 0.370 e. The lowest BCUT2D eigenvalue weighted by molar-refractivity contribution is 0.318. The Labute approximate surface area is 211 Å². The minimum atomic E-state index is -0.260. The van der Waals surface area contributed by atoms with Gasteiger partial charge in [-0.2, -0.15) is 0 Å². The van der Waals surface area contributed by atoms with E-state index < -0.39 is 0 Å². The molecule has 5 rings (SSSR count). The molecule has 2 radical (unpaired) electrons. The fraction of sp³-hybridized carbons (Fsp3) is 0.433. The maximum absolute atomic E-state index is 6.34. The van der Waals surface area contributed by atoms with Crippen molar-refractivity contribution >= 4 is 30.0 Å². The Kier molecular flexibility index (Phi) is 6.50.